The number of halogens is 3. The lowest BCUT2D eigenvalue weighted by atomic mass is 9.69. The fourth-order valence-corrected chi connectivity index (χ4v) is 5.50. The van der Waals surface area contributed by atoms with Crippen LogP contribution in [0.1, 0.15) is 42.7 Å². The van der Waals surface area contributed by atoms with Crippen molar-refractivity contribution < 1.29 is 18.4 Å². The lowest BCUT2D eigenvalue weighted by molar-refractivity contribution is -0.119. The van der Waals surface area contributed by atoms with Gasteiger partial charge >= 0.3 is 0 Å². The van der Waals surface area contributed by atoms with Gasteiger partial charge in [0.1, 0.15) is 17.3 Å². The first-order chi connectivity index (χ1) is 17.3. The van der Waals surface area contributed by atoms with Crippen LogP contribution in [0.5, 0.6) is 0 Å². The van der Waals surface area contributed by atoms with E-state index in [1.165, 1.54) is 6.07 Å². The summed E-state index contributed by atoms with van der Waals surface area (Å²) in [6.07, 6.45) is 0.814. The van der Waals surface area contributed by atoms with Crippen LogP contribution in [0, 0.1) is 17.6 Å². The number of carbonyl (C=O) groups is 2. The highest BCUT2D eigenvalue weighted by molar-refractivity contribution is 6.31. The number of hydrogen-bond donors (Lipinski definition) is 1. The summed E-state index contributed by atoms with van der Waals surface area (Å²) in [5, 5.41) is 2.80. The summed E-state index contributed by atoms with van der Waals surface area (Å²) in [7, 11) is 0. The maximum absolute atomic E-state index is 14.3. The van der Waals surface area contributed by atoms with E-state index in [-0.39, 0.29) is 18.1 Å². The molecule has 3 aromatic rings. The zero-order valence-electron chi connectivity index (χ0n) is 19.5. The molecule has 0 bridgehead atoms. The molecule has 2 aliphatic rings. The van der Waals surface area contributed by atoms with Crippen molar-refractivity contribution >= 4 is 34.7 Å². The van der Waals surface area contributed by atoms with Crippen LogP contribution in [0.25, 0.3) is 0 Å². The highest BCUT2D eigenvalue weighted by atomic mass is 35.5. The summed E-state index contributed by atoms with van der Waals surface area (Å²) in [6.45, 7) is 1.70. The van der Waals surface area contributed by atoms with Crippen molar-refractivity contribution in [3.63, 3.8) is 0 Å². The van der Waals surface area contributed by atoms with Gasteiger partial charge in [0.05, 0.1) is 5.92 Å². The van der Waals surface area contributed by atoms with E-state index in [0.29, 0.717) is 34.0 Å². The fraction of sp³-hybridized carbons (Fsp3) is 0.207. The van der Waals surface area contributed by atoms with E-state index in [1.54, 1.807) is 31.2 Å². The number of rotatable bonds is 4. The highest BCUT2D eigenvalue weighted by Gasteiger charge is 2.44. The molecule has 1 aliphatic heterocycles. The van der Waals surface area contributed by atoms with Gasteiger partial charge in [-0.1, -0.05) is 66.2 Å². The first kappa shape index (κ1) is 24.1. The summed E-state index contributed by atoms with van der Waals surface area (Å²) >= 11 is 6.56. The van der Waals surface area contributed by atoms with Gasteiger partial charge in [0.15, 0.2) is 5.78 Å². The van der Waals surface area contributed by atoms with Crippen LogP contribution in [-0.4, -0.2) is 17.4 Å². The number of amides is 1. The number of aliphatic imine (C=N–C) groups is 1. The second-order valence-electron chi connectivity index (χ2n) is 9.12. The summed E-state index contributed by atoms with van der Waals surface area (Å²) in [5.41, 5.74) is 2.64. The molecule has 3 atom stereocenters. The third-order valence-corrected chi connectivity index (χ3v) is 7.24. The Labute approximate surface area is 212 Å². The maximum Gasteiger partial charge on any atom is 0.234 e. The lowest BCUT2D eigenvalue weighted by Crippen LogP contribution is -2.40. The molecule has 1 unspecified atom stereocenters. The van der Waals surface area contributed by atoms with Crippen LogP contribution in [0.3, 0.4) is 0 Å². The van der Waals surface area contributed by atoms with Crippen LogP contribution in [0.4, 0.5) is 14.5 Å². The van der Waals surface area contributed by atoms with Gasteiger partial charge in [-0.25, -0.2) is 8.78 Å². The van der Waals surface area contributed by atoms with E-state index in [2.05, 4.69) is 5.32 Å². The monoisotopic (exact) mass is 504 g/mol. The Balaban J connectivity index is 1.59. The van der Waals surface area contributed by atoms with Crippen LogP contribution >= 0.6 is 11.6 Å². The molecule has 0 saturated heterocycles. The van der Waals surface area contributed by atoms with E-state index < -0.39 is 35.1 Å². The van der Waals surface area contributed by atoms with Gasteiger partial charge in [-0.15, -0.1) is 0 Å². The van der Waals surface area contributed by atoms with E-state index in [1.807, 2.05) is 30.3 Å². The van der Waals surface area contributed by atoms with Gasteiger partial charge < -0.3 is 5.32 Å². The first-order valence-electron chi connectivity index (χ1n) is 11.7. The number of para-hydroxylation sites is 1. The normalized spacial score (nSPS) is 21.6. The molecule has 5 rings (SSSR count). The Morgan fingerprint density at radius 1 is 0.944 bits per heavy atom. The minimum atomic E-state index is -0.972. The Morgan fingerprint density at radius 2 is 1.61 bits per heavy atom. The molecular weight excluding hydrogens is 482 g/mol. The van der Waals surface area contributed by atoms with Gasteiger partial charge in [-0.2, -0.15) is 0 Å². The van der Waals surface area contributed by atoms with E-state index in [9.17, 15) is 18.4 Å². The second kappa shape index (κ2) is 9.78. The van der Waals surface area contributed by atoms with E-state index >= 15 is 0 Å². The van der Waals surface area contributed by atoms with Gasteiger partial charge in [0, 0.05) is 34.3 Å². The van der Waals surface area contributed by atoms with Gasteiger partial charge in [0.2, 0.25) is 5.91 Å². The molecule has 36 heavy (non-hydrogen) atoms. The SMILES string of the molecule is CC1=NC2=C(C(=O)C[C@@H](c3ccccc3)C2)[C@@H](c2ccccc2Cl)C1C(=O)Nc1c(F)cccc1F. The van der Waals surface area contributed by atoms with Crippen molar-refractivity contribution in [2.24, 2.45) is 10.9 Å². The predicted octanol–water partition coefficient (Wildman–Crippen LogP) is 6.83. The number of benzene rings is 3. The van der Waals surface area contributed by atoms with E-state index in [4.69, 9.17) is 16.6 Å². The van der Waals surface area contributed by atoms with Gasteiger partial charge in [-0.05, 0) is 48.6 Å². The lowest BCUT2D eigenvalue weighted by Gasteiger charge is -2.37. The topological polar surface area (TPSA) is 58.5 Å². The van der Waals surface area contributed by atoms with Crippen molar-refractivity contribution in [2.45, 2.75) is 31.6 Å². The maximum atomic E-state index is 14.3. The van der Waals surface area contributed by atoms with Crippen LogP contribution in [-0.2, 0) is 9.59 Å². The number of nitrogens with one attached hydrogen (secondary N) is 1. The number of anilines is 1. The molecule has 7 heteroatoms. The van der Waals surface area contributed by atoms with Crippen molar-refractivity contribution in [3.05, 3.63) is 112 Å². The number of allylic oxidation sites excluding steroid dienone is 2. The fourth-order valence-electron chi connectivity index (χ4n) is 5.24. The minimum absolute atomic E-state index is 0.0289. The molecular formula is C29H23ClF2N2O2. The summed E-state index contributed by atoms with van der Waals surface area (Å²) in [4.78, 5) is 31.9. The molecule has 3 aromatic carbocycles. The molecule has 4 nitrogen and oxygen atoms in total. The quantitative estimate of drug-likeness (QED) is 0.423. The standard InChI is InChI=1S/C29H23ClF2N2O2/c1-16-25(29(36)34-28-21(31)12-7-13-22(28)32)26(19-10-5-6-11-20(19)30)27-23(33-16)14-18(15-24(27)35)17-8-3-2-4-9-17/h2-13,18,25-26H,14-15H2,1H3,(H,34,36)/t18-,25?,26-/m0/s1. The molecule has 1 N–H and O–H groups in total. The number of carbonyl (C=O) groups excluding carboxylic acids is 2. The molecule has 182 valence electrons. The van der Waals surface area contributed by atoms with Crippen molar-refractivity contribution in [2.75, 3.05) is 5.32 Å². The van der Waals surface area contributed by atoms with Crippen molar-refractivity contribution in [1.82, 2.24) is 0 Å². The van der Waals surface area contributed by atoms with E-state index in [0.717, 1.165) is 17.7 Å². The van der Waals surface area contributed by atoms with Crippen molar-refractivity contribution in [1.29, 1.82) is 0 Å². The number of Topliss-reactive ketones (excluding diaryl/α,β-unsaturated/α-hetero) is 1. The summed E-state index contributed by atoms with van der Waals surface area (Å²) in [6, 6.07) is 20.2. The van der Waals surface area contributed by atoms with Gasteiger partial charge in [-0.3, -0.25) is 14.6 Å². The van der Waals surface area contributed by atoms with Crippen LogP contribution in [0.15, 0.2) is 89.1 Å². The molecule has 1 aliphatic carbocycles. The number of ketones is 1. The average molecular weight is 505 g/mol. The van der Waals surface area contributed by atoms with Crippen LogP contribution < -0.4 is 5.32 Å². The molecule has 0 saturated carbocycles. The Kier molecular flexibility index (Phi) is 6.54. The first-order valence-corrected chi connectivity index (χ1v) is 12.1. The molecule has 0 spiro atoms. The molecule has 0 fully saturated rings. The third kappa shape index (κ3) is 4.37. The molecule has 1 heterocycles. The largest absolute Gasteiger partial charge is 0.321 e. The highest BCUT2D eigenvalue weighted by Crippen LogP contribution is 2.48. The van der Waals surface area contributed by atoms with Crippen LogP contribution in [0.2, 0.25) is 5.02 Å². The summed E-state index contributed by atoms with van der Waals surface area (Å²) in [5.74, 6) is -4.27. The number of hydrogen-bond acceptors (Lipinski definition) is 3. The second-order valence-corrected chi connectivity index (χ2v) is 9.52. The molecule has 0 aromatic heterocycles. The Hall–Kier alpha value is -3.64. The Bertz CT molecular complexity index is 1400. The zero-order valence-corrected chi connectivity index (χ0v) is 20.2. The minimum Gasteiger partial charge on any atom is -0.321 e. The molecule has 0 radical (unpaired) electrons. The predicted molar refractivity (Wildman–Crippen MR) is 136 cm³/mol. The zero-order chi connectivity index (χ0) is 25.4. The average Bonchev–Trinajstić information content (AvgIpc) is 2.86. The molecule has 1 amide bonds. The third-order valence-electron chi connectivity index (χ3n) is 6.89. The Morgan fingerprint density at radius 3 is 2.31 bits per heavy atom. The number of nitrogens with zero attached hydrogens (tertiary/aromatic N) is 1. The van der Waals surface area contributed by atoms with Crippen molar-refractivity contribution in [3.8, 4) is 0 Å². The van der Waals surface area contributed by atoms with Gasteiger partial charge in [0.25, 0.3) is 0 Å². The summed E-state index contributed by atoms with van der Waals surface area (Å²) < 4.78 is 28.6. The smallest absolute Gasteiger partial charge is 0.234 e.